The number of aryl methyl sites for hydroxylation is 1. The molecule has 0 aliphatic heterocycles. The number of halogens is 2. The zero-order valence-corrected chi connectivity index (χ0v) is 12.9. The molecule has 1 aromatic rings. The van der Waals surface area contributed by atoms with Gasteiger partial charge in [-0.25, -0.2) is 13.1 Å². The second kappa shape index (κ2) is 5.64. The van der Waals surface area contributed by atoms with Gasteiger partial charge in [0.2, 0.25) is 5.03 Å². The number of hydrogen-bond acceptors (Lipinski definition) is 4. The zero-order chi connectivity index (χ0) is 13.2. The molecular formula is C8H14BrClN4O2S. The number of alkyl halides is 1. The third-order valence-corrected chi connectivity index (χ3v) is 5.30. The van der Waals surface area contributed by atoms with E-state index in [-0.39, 0.29) is 28.1 Å². The van der Waals surface area contributed by atoms with E-state index in [4.69, 9.17) is 11.6 Å². The minimum absolute atomic E-state index is 0.0383. The quantitative estimate of drug-likeness (QED) is 0.752. The van der Waals surface area contributed by atoms with Gasteiger partial charge in [0.25, 0.3) is 10.0 Å². The predicted octanol–water partition coefficient (Wildman–Crippen LogP) is 1.22. The van der Waals surface area contributed by atoms with Crippen LogP contribution in [0.3, 0.4) is 0 Å². The van der Waals surface area contributed by atoms with Gasteiger partial charge >= 0.3 is 0 Å². The Labute approximate surface area is 114 Å². The predicted molar refractivity (Wildman–Crippen MR) is 68.5 cm³/mol. The van der Waals surface area contributed by atoms with Crippen molar-refractivity contribution in [3.05, 3.63) is 4.60 Å². The number of nitrogens with zero attached hydrogens (tertiary/aromatic N) is 4. The lowest BCUT2D eigenvalue weighted by atomic mass is 10.4. The van der Waals surface area contributed by atoms with Crippen LogP contribution in [0.15, 0.2) is 9.63 Å². The van der Waals surface area contributed by atoms with E-state index in [0.29, 0.717) is 0 Å². The van der Waals surface area contributed by atoms with Crippen LogP contribution in [0, 0.1) is 0 Å². The molecule has 0 radical (unpaired) electrons. The van der Waals surface area contributed by atoms with Gasteiger partial charge in [-0.1, -0.05) is 5.21 Å². The first-order valence-electron chi connectivity index (χ1n) is 4.95. The Bertz CT molecular complexity index is 468. The third kappa shape index (κ3) is 2.98. The second-order valence-corrected chi connectivity index (χ2v) is 6.64. The number of hydrogen-bond donors (Lipinski definition) is 0. The fourth-order valence-electron chi connectivity index (χ4n) is 1.45. The highest BCUT2D eigenvalue weighted by atomic mass is 79.9. The molecule has 0 N–H and O–H groups in total. The van der Waals surface area contributed by atoms with Crippen LogP contribution >= 0.6 is 27.5 Å². The monoisotopic (exact) mass is 344 g/mol. The van der Waals surface area contributed by atoms with Gasteiger partial charge in [-0.3, -0.25) is 0 Å². The van der Waals surface area contributed by atoms with Gasteiger partial charge in [0, 0.05) is 25.5 Å². The Balaban J connectivity index is 3.26. The van der Waals surface area contributed by atoms with Crippen molar-refractivity contribution in [3.63, 3.8) is 0 Å². The SMILES string of the molecule is CC(C)N(CCCl)S(=O)(=O)c1c(Br)nnn1C. The minimum Gasteiger partial charge on any atom is -0.235 e. The maximum atomic E-state index is 12.4. The van der Waals surface area contributed by atoms with Gasteiger partial charge in [-0.2, -0.15) is 4.31 Å². The van der Waals surface area contributed by atoms with Crippen LogP contribution < -0.4 is 0 Å². The topological polar surface area (TPSA) is 68.1 Å². The molecule has 0 spiro atoms. The Hall–Kier alpha value is -0.180. The third-order valence-electron chi connectivity index (χ3n) is 2.17. The van der Waals surface area contributed by atoms with Crippen LogP contribution in [0.25, 0.3) is 0 Å². The molecule has 17 heavy (non-hydrogen) atoms. The van der Waals surface area contributed by atoms with Crippen molar-refractivity contribution in [2.24, 2.45) is 7.05 Å². The molecule has 0 aliphatic rings. The summed E-state index contributed by atoms with van der Waals surface area (Å²) in [6, 6.07) is -0.180. The molecule has 0 saturated heterocycles. The Morgan fingerprint density at radius 2 is 2.12 bits per heavy atom. The Morgan fingerprint density at radius 3 is 2.47 bits per heavy atom. The van der Waals surface area contributed by atoms with Crippen LogP contribution in [-0.4, -0.2) is 46.2 Å². The van der Waals surface area contributed by atoms with Gasteiger partial charge in [0.15, 0.2) is 4.60 Å². The van der Waals surface area contributed by atoms with Gasteiger partial charge in [0.05, 0.1) is 0 Å². The lowest BCUT2D eigenvalue weighted by Gasteiger charge is -2.24. The molecule has 0 aliphatic carbocycles. The average Bonchev–Trinajstić information content (AvgIpc) is 2.54. The van der Waals surface area contributed by atoms with Crippen molar-refractivity contribution in [2.45, 2.75) is 24.9 Å². The van der Waals surface area contributed by atoms with E-state index in [1.165, 1.54) is 16.0 Å². The largest absolute Gasteiger partial charge is 0.263 e. The van der Waals surface area contributed by atoms with E-state index in [1.807, 2.05) is 0 Å². The molecule has 9 heteroatoms. The van der Waals surface area contributed by atoms with Crippen LogP contribution in [0.5, 0.6) is 0 Å². The summed E-state index contributed by atoms with van der Waals surface area (Å²) in [5.41, 5.74) is 0. The first kappa shape index (κ1) is 14.9. The summed E-state index contributed by atoms with van der Waals surface area (Å²) in [6.45, 7) is 3.84. The lowest BCUT2D eigenvalue weighted by molar-refractivity contribution is 0.366. The molecular weight excluding hydrogens is 332 g/mol. The lowest BCUT2D eigenvalue weighted by Crippen LogP contribution is -2.39. The minimum atomic E-state index is -3.64. The van der Waals surface area contributed by atoms with Crippen LogP contribution in [0.1, 0.15) is 13.8 Å². The van der Waals surface area contributed by atoms with Gasteiger partial charge in [-0.05, 0) is 29.8 Å². The maximum Gasteiger partial charge on any atom is 0.263 e. The van der Waals surface area contributed by atoms with E-state index in [2.05, 4.69) is 26.2 Å². The molecule has 0 aromatic carbocycles. The second-order valence-electron chi connectivity index (χ2n) is 3.71. The highest BCUT2D eigenvalue weighted by molar-refractivity contribution is 9.10. The fraction of sp³-hybridized carbons (Fsp3) is 0.750. The summed E-state index contributed by atoms with van der Waals surface area (Å²) in [6.07, 6.45) is 0. The normalized spacial score (nSPS) is 12.6. The fourth-order valence-corrected chi connectivity index (χ4v) is 4.40. The average molecular weight is 346 g/mol. The van der Waals surface area contributed by atoms with E-state index in [1.54, 1.807) is 13.8 Å². The number of rotatable bonds is 5. The van der Waals surface area contributed by atoms with Gasteiger partial charge < -0.3 is 0 Å². The zero-order valence-electron chi connectivity index (χ0n) is 9.76. The highest BCUT2D eigenvalue weighted by Crippen LogP contribution is 2.23. The summed E-state index contributed by atoms with van der Waals surface area (Å²) >= 11 is 8.72. The molecule has 0 fully saturated rings. The van der Waals surface area contributed by atoms with Gasteiger partial charge in [0.1, 0.15) is 0 Å². The van der Waals surface area contributed by atoms with Crippen LogP contribution in [0.2, 0.25) is 0 Å². The van der Waals surface area contributed by atoms with E-state index in [0.717, 1.165) is 0 Å². The Kier molecular flexibility index (Phi) is 4.94. The van der Waals surface area contributed by atoms with Crippen molar-refractivity contribution < 1.29 is 8.42 Å². The van der Waals surface area contributed by atoms with Crippen molar-refractivity contribution >= 4 is 37.6 Å². The Morgan fingerprint density at radius 1 is 1.53 bits per heavy atom. The van der Waals surface area contributed by atoms with Crippen LogP contribution in [-0.2, 0) is 17.1 Å². The molecule has 0 saturated carbocycles. The molecule has 0 amide bonds. The summed E-state index contributed by atoms with van der Waals surface area (Å²) in [4.78, 5) is 0. The highest BCUT2D eigenvalue weighted by Gasteiger charge is 2.32. The maximum absolute atomic E-state index is 12.4. The summed E-state index contributed by atoms with van der Waals surface area (Å²) < 4.78 is 27.6. The van der Waals surface area contributed by atoms with E-state index >= 15 is 0 Å². The molecule has 1 aromatic heterocycles. The van der Waals surface area contributed by atoms with Crippen molar-refractivity contribution in [1.82, 2.24) is 19.3 Å². The first-order chi connectivity index (χ1) is 7.82. The molecule has 1 heterocycles. The molecule has 0 unspecified atom stereocenters. The molecule has 98 valence electrons. The summed E-state index contributed by atoms with van der Waals surface area (Å²) in [5.74, 6) is 0.236. The van der Waals surface area contributed by atoms with Crippen molar-refractivity contribution in [1.29, 1.82) is 0 Å². The van der Waals surface area contributed by atoms with Crippen molar-refractivity contribution in [2.75, 3.05) is 12.4 Å². The summed E-state index contributed by atoms with van der Waals surface area (Å²) in [5, 5.41) is 7.38. The number of aromatic nitrogens is 3. The van der Waals surface area contributed by atoms with E-state index in [9.17, 15) is 8.42 Å². The van der Waals surface area contributed by atoms with Crippen molar-refractivity contribution in [3.8, 4) is 0 Å². The van der Waals surface area contributed by atoms with Crippen LogP contribution in [0.4, 0.5) is 0 Å². The standard InChI is InChI=1S/C8H14BrClN4O2S/c1-6(2)14(5-4-10)17(15,16)8-7(9)11-12-13(8)3/h6H,4-5H2,1-3H3. The smallest absolute Gasteiger partial charge is 0.235 e. The first-order valence-corrected chi connectivity index (χ1v) is 7.72. The molecule has 0 atom stereocenters. The summed E-state index contributed by atoms with van der Waals surface area (Å²) in [7, 11) is -2.11. The number of sulfonamides is 1. The van der Waals surface area contributed by atoms with Gasteiger partial charge in [-0.15, -0.1) is 16.7 Å². The molecule has 1 rings (SSSR count). The van der Waals surface area contributed by atoms with E-state index < -0.39 is 10.0 Å². The molecule has 0 bridgehead atoms. The molecule has 6 nitrogen and oxygen atoms in total.